The van der Waals surface area contributed by atoms with E-state index in [0.29, 0.717) is 15.8 Å². The van der Waals surface area contributed by atoms with Crippen molar-refractivity contribution in [1.82, 2.24) is 0 Å². The Morgan fingerprint density at radius 2 is 1.84 bits per heavy atom. The molecule has 2 aromatic carbocycles. The fraction of sp³-hybridized carbons (Fsp3) is 0. The van der Waals surface area contributed by atoms with E-state index >= 15 is 0 Å². The van der Waals surface area contributed by atoms with Gasteiger partial charge in [-0.2, -0.15) is 0 Å². The second-order valence-electron chi connectivity index (χ2n) is 3.86. The maximum Gasteiger partial charge on any atom is 0.337 e. The van der Waals surface area contributed by atoms with E-state index < -0.39 is 11.8 Å². The average molecular weight is 325 g/mol. The Morgan fingerprint density at radius 3 is 2.47 bits per heavy atom. The van der Waals surface area contributed by atoms with Gasteiger partial charge in [0.05, 0.1) is 10.0 Å². The van der Waals surface area contributed by atoms with Crippen molar-refractivity contribution >= 4 is 39.0 Å². The van der Waals surface area contributed by atoms with E-state index in [1.807, 2.05) is 0 Å². The summed E-state index contributed by atoms with van der Waals surface area (Å²) < 4.78 is 13.7. The summed E-state index contributed by atoms with van der Waals surface area (Å²) in [5.41, 5.74) is 6.77. The highest BCUT2D eigenvalue weighted by molar-refractivity contribution is 9.10. The van der Waals surface area contributed by atoms with Crippen LogP contribution in [0.3, 0.4) is 0 Å². The largest absolute Gasteiger partial charge is 0.478 e. The van der Waals surface area contributed by atoms with Crippen molar-refractivity contribution in [3.63, 3.8) is 0 Å². The first-order valence-corrected chi connectivity index (χ1v) is 6.11. The normalized spacial score (nSPS) is 10.2. The number of rotatable bonds is 3. The minimum atomic E-state index is -1.11. The molecule has 4 nitrogen and oxygen atoms in total. The van der Waals surface area contributed by atoms with E-state index in [1.54, 1.807) is 18.2 Å². The van der Waals surface area contributed by atoms with Crippen LogP contribution in [0, 0.1) is 5.82 Å². The van der Waals surface area contributed by atoms with Crippen molar-refractivity contribution in [3.8, 4) is 0 Å². The molecule has 0 radical (unpaired) electrons. The summed E-state index contributed by atoms with van der Waals surface area (Å²) in [7, 11) is 0. The SMILES string of the molecule is Nc1ccc(Nc2ccc(Br)c(F)c2)cc1C(=O)O. The fourth-order valence-corrected chi connectivity index (χ4v) is 1.81. The lowest BCUT2D eigenvalue weighted by molar-refractivity contribution is 0.0698. The molecule has 19 heavy (non-hydrogen) atoms. The summed E-state index contributed by atoms with van der Waals surface area (Å²) in [6.07, 6.45) is 0. The highest BCUT2D eigenvalue weighted by atomic mass is 79.9. The molecule has 0 heterocycles. The van der Waals surface area contributed by atoms with Crippen LogP contribution < -0.4 is 11.1 Å². The summed E-state index contributed by atoms with van der Waals surface area (Å²) in [6.45, 7) is 0. The summed E-state index contributed by atoms with van der Waals surface area (Å²) in [5.74, 6) is -1.51. The van der Waals surface area contributed by atoms with Crippen molar-refractivity contribution in [1.29, 1.82) is 0 Å². The molecule has 0 bridgehead atoms. The molecule has 0 aliphatic heterocycles. The van der Waals surface area contributed by atoms with Gasteiger partial charge in [0.2, 0.25) is 0 Å². The Kier molecular flexibility index (Phi) is 3.71. The monoisotopic (exact) mass is 324 g/mol. The number of hydrogen-bond donors (Lipinski definition) is 3. The maximum absolute atomic E-state index is 13.4. The number of carbonyl (C=O) groups is 1. The summed E-state index contributed by atoms with van der Waals surface area (Å²) in [4.78, 5) is 11.0. The molecule has 98 valence electrons. The van der Waals surface area contributed by atoms with Gasteiger partial charge in [0, 0.05) is 17.1 Å². The van der Waals surface area contributed by atoms with Crippen LogP contribution in [0.1, 0.15) is 10.4 Å². The van der Waals surface area contributed by atoms with Crippen LogP contribution in [0.5, 0.6) is 0 Å². The number of anilines is 3. The van der Waals surface area contributed by atoms with Gasteiger partial charge in [-0.15, -0.1) is 0 Å². The Morgan fingerprint density at radius 1 is 1.21 bits per heavy atom. The van der Waals surface area contributed by atoms with Gasteiger partial charge in [-0.3, -0.25) is 0 Å². The smallest absolute Gasteiger partial charge is 0.337 e. The first-order chi connectivity index (χ1) is 8.97. The lowest BCUT2D eigenvalue weighted by Gasteiger charge is -2.09. The van der Waals surface area contributed by atoms with Gasteiger partial charge < -0.3 is 16.2 Å². The number of hydrogen-bond acceptors (Lipinski definition) is 3. The highest BCUT2D eigenvalue weighted by Crippen LogP contribution is 2.24. The van der Waals surface area contributed by atoms with E-state index in [0.717, 1.165) is 0 Å². The Labute approximate surface area is 117 Å². The zero-order valence-electron chi connectivity index (χ0n) is 9.65. The molecule has 0 saturated heterocycles. The van der Waals surface area contributed by atoms with Crippen LogP contribution in [0.4, 0.5) is 21.5 Å². The second-order valence-corrected chi connectivity index (χ2v) is 4.72. The predicted octanol–water partition coefficient (Wildman–Crippen LogP) is 3.61. The molecule has 6 heteroatoms. The summed E-state index contributed by atoms with van der Waals surface area (Å²) in [5, 5.41) is 11.9. The number of nitrogen functional groups attached to an aromatic ring is 1. The first kappa shape index (κ1) is 13.4. The molecular formula is C13H10BrFN2O2. The number of nitrogens with one attached hydrogen (secondary N) is 1. The number of halogens is 2. The van der Waals surface area contributed by atoms with Crippen molar-refractivity contribution in [2.24, 2.45) is 0 Å². The third-order valence-electron chi connectivity index (χ3n) is 2.49. The van der Waals surface area contributed by atoms with E-state index in [4.69, 9.17) is 10.8 Å². The molecule has 0 unspecified atom stereocenters. The number of benzene rings is 2. The van der Waals surface area contributed by atoms with Crippen molar-refractivity contribution < 1.29 is 14.3 Å². The Bertz CT molecular complexity index is 647. The number of aromatic carboxylic acids is 1. The number of carboxylic acids is 1. The van der Waals surface area contributed by atoms with E-state index in [-0.39, 0.29) is 11.3 Å². The third kappa shape index (κ3) is 3.03. The highest BCUT2D eigenvalue weighted by Gasteiger charge is 2.09. The number of carboxylic acid groups (broad SMARTS) is 1. The van der Waals surface area contributed by atoms with E-state index in [1.165, 1.54) is 18.2 Å². The Balaban J connectivity index is 2.30. The minimum absolute atomic E-state index is 0.00239. The van der Waals surface area contributed by atoms with Gasteiger partial charge in [-0.1, -0.05) is 0 Å². The third-order valence-corrected chi connectivity index (χ3v) is 3.14. The van der Waals surface area contributed by atoms with Crippen LogP contribution in [-0.4, -0.2) is 11.1 Å². The van der Waals surface area contributed by atoms with Crippen LogP contribution >= 0.6 is 15.9 Å². The zero-order chi connectivity index (χ0) is 14.0. The standard InChI is InChI=1S/C13H10BrFN2O2/c14-10-3-1-8(6-11(10)15)17-7-2-4-12(16)9(5-7)13(18)19/h1-6,17H,16H2,(H,18,19). The Hall–Kier alpha value is -2.08. The van der Waals surface area contributed by atoms with Gasteiger partial charge in [0.1, 0.15) is 5.82 Å². The maximum atomic E-state index is 13.4. The first-order valence-electron chi connectivity index (χ1n) is 5.32. The molecule has 0 aromatic heterocycles. The van der Waals surface area contributed by atoms with Crippen LogP contribution in [0.15, 0.2) is 40.9 Å². The molecule has 2 aromatic rings. The molecule has 0 spiro atoms. The summed E-state index contributed by atoms with van der Waals surface area (Å²) in [6, 6.07) is 9.05. The second kappa shape index (κ2) is 5.27. The average Bonchev–Trinajstić information content (AvgIpc) is 2.36. The van der Waals surface area contributed by atoms with Crippen molar-refractivity contribution in [2.45, 2.75) is 0 Å². The molecule has 2 rings (SSSR count). The molecule has 0 amide bonds. The van der Waals surface area contributed by atoms with Gasteiger partial charge >= 0.3 is 5.97 Å². The lowest BCUT2D eigenvalue weighted by Crippen LogP contribution is -2.03. The molecular weight excluding hydrogens is 315 g/mol. The minimum Gasteiger partial charge on any atom is -0.478 e. The molecule has 0 fully saturated rings. The van der Waals surface area contributed by atoms with Crippen LogP contribution in [0.2, 0.25) is 0 Å². The van der Waals surface area contributed by atoms with E-state index in [9.17, 15) is 9.18 Å². The topological polar surface area (TPSA) is 75.3 Å². The summed E-state index contributed by atoms with van der Waals surface area (Å²) >= 11 is 3.06. The van der Waals surface area contributed by atoms with E-state index in [2.05, 4.69) is 21.2 Å². The molecule has 0 aliphatic carbocycles. The van der Waals surface area contributed by atoms with Crippen molar-refractivity contribution in [2.75, 3.05) is 11.1 Å². The fourth-order valence-electron chi connectivity index (χ4n) is 1.56. The molecule has 0 saturated carbocycles. The molecule has 0 aliphatic rings. The van der Waals surface area contributed by atoms with Gasteiger partial charge in [0.25, 0.3) is 0 Å². The quantitative estimate of drug-likeness (QED) is 0.754. The lowest BCUT2D eigenvalue weighted by atomic mass is 10.1. The van der Waals surface area contributed by atoms with Crippen LogP contribution in [-0.2, 0) is 0 Å². The predicted molar refractivity (Wildman–Crippen MR) is 75.2 cm³/mol. The van der Waals surface area contributed by atoms with Gasteiger partial charge in [0.15, 0.2) is 0 Å². The molecule has 4 N–H and O–H groups in total. The molecule has 0 atom stereocenters. The van der Waals surface area contributed by atoms with Gasteiger partial charge in [-0.25, -0.2) is 9.18 Å². The van der Waals surface area contributed by atoms with Gasteiger partial charge in [-0.05, 0) is 52.3 Å². The van der Waals surface area contributed by atoms with Crippen LogP contribution in [0.25, 0.3) is 0 Å². The number of nitrogens with two attached hydrogens (primary N) is 1. The zero-order valence-corrected chi connectivity index (χ0v) is 11.2. The van der Waals surface area contributed by atoms with Crippen molar-refractivity contribution in [3.05, 3.63) is 52.3 Å².